The number of alkyl halides is 3. The van der Waals surface area contributed by atoms with Crippen LogP contribution in [0.3, 0.4) is 0 Å². The molecule has 2 heterocycles. The molecular weight excluding hydrogens is 347 g/mol. The Morgan fingerprint density at radius 2 is 1.80 bits per heavy atom. The number of nitrogens with zero attached hydrogens (tertiary/aromatic N) is 2. The van der Waals surface area contributed by atoms with Gasteiger partial charge in [-0.1, -0.05) is 18.2 Å². The molecule has 0 bridgehead atoms. The molecule has 130 valence electrons. The topological polar surface area (TPSA) is 37.8 Å². The lowest BCUT2D eigenvalue weighted by Gasteiger charge is -2.08. The van der Waals surface area contributed by atoms with E-state index < -0.39 is 11.7 Å². The standard InChI is InChI=1S/C18H16F3N3S/c1-12-3-2-4-15(24-12)16-10-23-17(25-16)11-22-9-13-5-7-14(8-6-13)18(19,20)21/h2-8,10,22H,9,11H2,1H3. The largest absolute Gasteiger partial charge is 0.416 e. The molecule has 0 radical (unpaired) electrons. The Kier molecular flexibility index (Phi) is 5.15. The first kappa shape index (κ1) is 17.6. The average Bonchev–Trinajstić information content (AvgIpc) is 3.03. The number of aromatic nitrogens is 2. The summed E-state index contributed by atoms with van der Waals surface area (Å²) in [6.45, 7) is 2.98. The molecule has 3 rings (SSSR count). The number of nitrogens with one attached hydrogen (secondary N) is 1. The van der Waals surface area contributed by atoms with Crippen molar-refractivity contribution in [1.29, 1.82) is 0 Å². The van der Waals surface area contributed by atoms with Crippen LogP contribution in [0.2, 0.25) is 0 Å². The number of hydrogen-bond donors (Lipinski definition) is 1. The van der Waals surface area contributed by atoms with Gasteiger partial charge < -0.3 is 5.32 Å². The lowest BCUT2D eigenvalue weighted by molar-refractivity contribution is -0.137. The van der Waals surface area contributed by atoms with Gasteiger partial charge >= 0.3 is 6.18 Å². The fourth-order valence-corrected chi connectivity index (χ4v) is 3.17. The maximum atomic E-state index is 12.5. The zero-order valence-electron chi connectivity index (χ0n) is 13.5. The van der Waals surface area contributed by atoms with Crippen molar-refractivity contribution in [3.63, 3.8) is 0 Å². The van der Waals surface area contributed by atoms with E-state index >= 15 is 0 Å². The van der Waals surface area contributed by atoms with Crippen LogP contribution >= 0.6 is 11.3 Å². The molecule has 0 aliphatic carbocycles. The lowest BCUT2D eigenvalue weighted by Crippen LogP contribution is -2.12. The number of pyridine rings is 1. The molecule has 0 saturated carbocycles. The molecule has 7 heteroatoms. The van der Waals surface area contributed by atoms with Gasteiger partial charge in [-0.05, 0) is 36.8 Å². The zero-order valence-corrected chi connectivity index (χ0v) is 14.3. The lowest BCUT2D eigenvalue weighted by atomic mass is 10.1. The molecule has 0 saturated heterocycles. The Balaban J connectivity index is 1.56. The third-order valence-electron chi connectivity index (χ3n) is 3.58. The van der Waals surface area contributed by atoms with Gasteiger partial charge in [-0.3, -0.25) is 4.98 Å². The minimum Gasteiger partial charge on any atom is -0.306 e. The molecule has 0 aliphatic heterocycles. The summed E-state index contributed by atoms with van der Waals surface area (Å²) in [5, 5.41) is 4.11. The fourth-order valence-electron chi connectivity index (χ4n) is 2.32. The van der Waals surface area contributed by atoms with Crippen LogP contribution in [0.25, 0.3) is 10.6 Å². The minimum atomic E-state index is -4.30. The summed E-state index contributed by atoms with van der Waals surface area (Å²) in [6, 6.07) is 11.0. The van der Waals surface area contributed by atoms with Crippen molar-refractivity contribution >= 4 is 11.3 Å². The normalized spacial score (nSPS) is 11.7. The smallest absolute Gasteiger partial charge is 0.306 e. The molecule has 3 aromatic rings. The van der Waals surface area contributed by atoms with Gasteiger partial charge in [0.05, 0.1) is 16.1 Å². The molecule has 2 aromatic heterocycles. The van der Waals surface area contributed by atoms with Crippen molar-refractivity contribution in [2.45, 2.75) is 26.2 Å². The van der Waals surface area contributed by atoms with Gasteiger partial charge in [-0.25, -0.2) is 4.98 Å². The number of benzene rings is 1. The molecule has 25 heavy (non-hydrogen) atoms. The Morgan fingerprint density at radius 1 is 1.04 bits per heavy atom. The van der Waals surface area contributed by atoms with Crippen LogP contribution in [0.5, 0.6) is 0 Å². The summed E-state index contributed by atoms with van der Waals surface area (Å²) in [6.07, 6.45) is -2.51. The molecule has 1 N–H and O–H groups in total. The van der Waals surface area contributed by atoms with E-state index in [1.54, 1.807) is 17.5 Å². The van der Waals surface area contributed by atoms with Gasteiger partial charge in [-0.15, -0.1) is 11.3 Å². The summed E-state index contributed by atoms with van der Waals surface area (Å²) in [5.41, 5.74) is 2.01. The van der Waals surface area contributed by atoms with Crippen molar-refractivity contribution in [3.05, 3.63) is 70.5 Å². The van der Waals surface area contributed by atoms with Gasteiger partial charge in [0.15, 0.2) is 0 Å². The van der Waals surface area contributed by atoms with E-state index in [1.807, 2.05) is 25.1 Å². The first-order chi connectivity index (χ1) is 11.9. The highest BCUT2D eigenvalue weighted by atomic mass is 32.1. The van der Waals surface area contributed by atoms with E-state index in [2.05, 4.69) is 15.3 Å². The van der Waals surface area contributed by atoms with Crippen molar-refractivity contribution in [2.75, 3.05) is 0 Å². The molecule has 0 amide bonds. The molecule has 0 spiro atoms. The second-order valence-electron chi connectivity index (χ2n) is 5.58. The Labute approximate surface area is 147 Å². The summed E-state index contributed by atoms with van der Waals surface area (Å²) in [7, 11) is 0. The highest BCUT2D eigenvalue weighted by Crippen LogP contribution is 2.29. The average molecular weight is 363 g/mol. The van der Waals surface area contributed by atoms with Gasteiger partial charge in [0.1, 0.15) is 5.01 Å². The summed E-state index contributed by atoms with van der Waals surface area (Å²) >= 11 is 1.55. The van der Waals surface area contributed by atoms with Crippen LogP contribution in [0.1, 0.15) is 21.8 Å². The number of aryl methyl sites for hydroxylation is 1. The van der Waals surface area contributed by atoms with E-state index in [-0.39, 0.29) is 0 Å². The van der Waals surface area contributed by atoms with Crippen LogP contribution in [0.15, 0.2) is 48.7 Å². The molecular formula is C18H16F3N3S. The SMILES string of the molecule is Cc1cccc(-c2cnc(CNCc3ccc(C(F)(F)F)cc3)s2)n1. The minimum absolute atomic E-state index is 0.482. The highest BCUT2D eigenvalue weighted by Gasteiger charge is 2.29. The van der Waals surface area contributed by atoms with Crippen molar-refractivity contribution in [1.82, 2.24) is 15.3 Å². The Morgan fingerprint density at radius 3 is 2.48 bits per heavy atom. The van der Waals surface area contributed by atoms with Gasteiger partial charge in [0, 0.05) is 25.0 Å². The third-order valence-corrected chi connectivity index (χ3v) is 4.60. The van der Waals surface area contributed by atoms with Crippen LogP contribution in [0.4, 0.5) is 13.2 Å². The van der Waals surface area contributed by atoms with E-state index in [9.17, 15) is 13.2 Å². The van der Waals surface area contributed by atoms with Crippen molar-refractivity contribution in [2.24, 2.45) is 0 Å². The Bertz CT molecular complexity index is 841. The predicted octanol–water partition coefficient (Wildman–Crippen LogP) is 4.82. The second-order valence-corrected chi connectivity index (χ2v) is 6.70. The number of thiazole rings is 1. The van der Waals surface area contributed by atoms with Gasteiger partial charge in [0.25, 0.3) is 0 Å². The maximum Gasteiger partial charge on any atom is 0.416 e. The fraction of sp³-hybridized carbons (Fsp3) is 0.222. The molecule has 3 nitrogen and oxygen atoms in total. The molecule has 0 atom stereocenters. The highest BCUT2D eigenvalue weighted by molar-refractivity contribution is 7.15. The van der Waals surface area contributed by atoms with Crippen LogP contribution < -0.4 is 5.32 Å². The molecule has 1 aromatic carbocycles. The maximum absolute atomic E-state index is 12.5. The molecule has 0 unspecified atom stereocenters. The van der Waals surface area contributed by atoms with Crippen molar-refractivity contribution < 1.29 is 13.2 Å². The predicted molar refractivity (Wildman–Crippen MR) is 92.1 cm³/mol. The Hall–Kier alpha value is -2.25. The summed E-state index contributed by atoms with van der Waals surface area (Å²) in [4.78, 5) is 9.83. The molecule has 0 fully saturated rings. The van der Waals surface area contributed by atoms with Gasteiger partial charge in [0.2, 0.25) is 0 Å². The number of halogens is 3. The van der Waals surface area contributed by atoms with Crippen LogP contribution in [-0.2, 0) is 19.3 Å². The first-order valence-corrected chi connectivity index (χ1v) is 8.49. The third kappa shape index (κ3) is 4.64. The van der Waals surface area contributed by atoms with Gasteiger partial charge in [-0.2, -0.15) is 13.2 Å². The quantitative estimate of drug-likeness (QED) is 0.706. The number of rotatable bonds is 5. The first-order valence-electron chi connectivity index (χ1n) is 7.67. The monoisotopic (exact) mass is 363 g/mol. The van der Waals surface area contributed by atoms with E-state index in [1.165, 1.54) is 12.1 Å². The summed E-state index contributed by atoms with van der Waals surface area (Å²) < 4.78 is 37.6. The van der Waals surface area contributed by atoms with E-state index in [0.29, 0.717) is 13.1 Å². The molecule has 0 aliphatic rings. The van der Waals surface area contributed by atoms with E-state index in [4.69, 9.17) is 0 Å². The van der Waals surface area contributed by atoms with Crippen LogP contribution in [0, 0.1) is 6.92 Å². The van der Waals surface area contributed by atoms with Crippen LogP contribution in [-0.4, -0.2) is 9.97 Å². The second kappa shape index (κ2) is 7.33. The van der Waals surface area contributed by atoms with Crippen molar-refractivity contribution in [3.8, 4) is 10.6 Å². The summed E-state index contributed by atoms with van der Waals surface area (Å²) in [5.74, 6) is 0. The number of hydrogen-bond acceptors (Lipinski definition) is 4. The van der Waals surface area contributed by atoms with E-state index in [0.717, 1.165) is 39.0 Å². The zero-order chi connectivity index (χ0) is 17.9.